The van der Waals surface area contributed by atoms with E-state index >= 15 is 0 Å². The van der Waals surface area contributed by atoms with Gasteiger partial charge in [-0.1, -0.05) is 78.1 Å². The quantitative estimate of drug-likeness (QED) is 0.356. The van der Waals surface area contributed by atoms with Crippen LogP contribution >= 0.6 is 0 Å². The number of hydrogen-bond donors (Lipinski definition) is 2. The van der Waals surface area contributed by atoms with Crippen LogP contribution in [-0.2, 0) is 9.53 Å². The third-order valence-electron chi connectivity index (χ3n) is 4.02. The van der Waals surface area contributed by atoms with Gasteiger partial charge in [-0.2, -0.15) is 0 Å². The van der Waals surface area contributed by atoms with Crippen molar-refractivity contribution >= 4 is 5.97 Å². The maximum absolute atomic E-state index is 11.6. The van der Waals surface area contributed by atoms with Crippen molar-refractivity contribution in [2.75, 3.05) is 13.2 Å². The first-order valence-corrected chi connectivity index (χ1v) is 9.07. The van der Waals surface area contributed by atoms with E-state index in [1.54, 1.807) is 0 Å². The van der Waals surface area contributed by atoms with E-state index in [0.29, 0.717) is 0 Å². The fourth-order valence-electron chi connectivity index (χ4n) is 2.43. The fraction of sp³-hybridized carbons (Fsp3) is 0.944. The molecule has 0 aromatic carbocycles. The van der Waals surface area contributed by atoms with Crippen LogP contribution in [0.15, 0.2) is 0 Å². The maximum Gasteiger partial charge on any atom is 0.308 e. The number of hydrogen-bond acceptors (Lipinski definition) is 4. The average Bonchev–Trinajstić information content (AvgIpc) is 2.53. The normalized spacial score (nSPS) is 13.8. The fourth-order valence-corrected chi connectivity index (χ4v) is 2.43. The molecule has 0 bridgehead atoms. The van der Waals surface area contributed by atoms with E-state index in [2.05, 4.69) is 6.92 Å². The number of aliphatic hydroxyl groups is 2. The minimum atomic E-state index is -0.964. The Kier molecular flexibility index (Phi) is 14.9. The summed E-state index contributed by atoms with van der Waals surface area (Å²) in [6, 6.07) is 0. The summed E-state index contributed by atoms with van der Waals surface area (Å²) in [5, 5.41) is 17.8. The van der Waals surface area contributed by atoms with Gasteiger partial charge >= 0.3 is 5.97 Å². The van der Waals surface area contributed by atoms with Crippen molar-refractivity contribution in [2.24, 2.45) is 5.92 Å². The van der Waals surface area contributed by atoms with E-state index in [1.807, 2.05) is 6.92 Å². The molecule has 4 nitrogen and oxygen atoms in total. The molecule has 2 atom stereocenters. The lowest BCUT2D eigenvalue weighted by Crippen LogP contribution is -2.24. The van der Waals surface area contributed by atoms with Crippen LogP contribution in [0, 0.1) is 5.92 Å². The largest absolute Gasteiger partial charge is 0.463 e. The van der Waals surface area contributed by atoms with Gasteiger partial charge in [-0.25, -0.2) is 0 Å². The first-order valence-electron chi connectivity index (χ1n) is 9.07. The monoisotopic (exact) mass is 316 g/mol. The van der Waals surface area contributed by atoms with E-state index < -0.39 is 6.10 Å². The first kappa shape index (κ1) is 21.4. The summed E-state index contributed by atoms with van der Waals surface area (Å²) < 4.78 is 4.95. The molecule has 0 aromatic rings. The minimum Gasteiger partial charge on any atom is -0.463 e. The summed E-state index contributed by atoms with van der Waals surface area (Å²) in [4.78, 5) is 11.6. The van der Waals surface area contributed by atoms with Gasteiger partial charge in [0.2, 0.25) is 0 Å². The van der Waals surface area contributed by atoms with Crippen molar-refractivity contribution in [3.63, 3.8) is 0 Å². The predicted molar refractivity (Wildman–Crippen MR) is 89.7 cm³/mol. The molecule has 0 rings (SSSR count). The summed E-state index contributed by atoms with van der Waals surface area (Å²) in [6.45, 7) is 3.62. The molecular formula is C18H36O4. The van der Waals surface area contributed by atoms with Gasteiger partial charge in [0.1, 0.15) is 12.7 Å². The summed E-state index contributed by atoms with van der Waals surface area (Å²) in [7, 11) is 0. The van der Waals surface area contributed by atoms with Crippen LogP contribution < -0.4 is 0 Å². The zero-order valence-corrected chi connectivity index (χ0v) is 14.6. The first-order chi connectivity index (χ1) is 10.6. The Hall–Kier alpha value is -0.610. The van der Waals surface area contributed by atoms with Gasteiger partial charge in [-0.3, -0.25) is 4.79 Å². The van der Waals surface area contributed by atoms with Crippen LogP contribution in [0.1, 0.15) is 84.5 Å². The highest BCUT2D eigenvalue weighted by Crippen LogP contribution is 2.14. The number of carbonyl (C=O) groups is 1. The Morgan fingerprint density at radius 3 is 1.95 bits per heavy atom. The molecule has 4 heteroatoms. The van der Waals surface area contributed by atoms with Crippen molar-refractivity contribution in [3.8, 4) is 0 Å². The Morgan fingerprint density at radius 2 is 1.45 bits per heavy atom. The molecule has 132 valence electrons. The number of ether oxygens (including phenoxy) is 1. The Balaban J connectivity index is 3.37. The summed E-state index contributed by atoms with van der Waals surface area (Å²) >= 11 is 0. The summed E-state index contributed by atoms with van der Waals surface area (Å²) in [5.74, 6) is -0.400. The maximum atomic E-state index is 11.6. The highest BCUT2D eigenvalue weighted by Gasteiger charge is 2.15. The minimum absolute atomic E-state index is 0.113. The van der Waals surface area contributed by atoms with Crippen LogP contribution in [-0.4, -0.2) is 35.5 Å². The van der Waals surface area contributed by atoms with Gasteiger partial charge in [-0.15, -0.1) is 0 Å². The van der Waals surface area contributed by atoms with Crippen molar-refractivity contribution in [2.45, 2.75) is 90.6 Å². The van der Waals surface area contributed by atoms with E-state index in [0.717, 1.165) is 12.8 Å². The van der Waals surface area contributed by atoms with Gasteiger partial charge in [0.05, 0.1) is 12.5 Å². The van der Waals surface area contributed by atoms with E-state index in [-0.39, 0.29) is 25.1 Å². The number of esters is 1. The van der Waals surface area contributed by atoms with Gasteiger partial charge in [0, 0.05) is 0 Å². The van der Waals surface area contributed by atoms with Crippen molar-refractivity contribution in [3.05, 3.63) is 0 Å². The summed E-state index contributed by atoms with van der Waals surface area (Å²) in [6.07, 6.45) is 12.8. The Labute approximate surface area is 136 Å². The molecule has 0 fully saturated rings. The van der Waals surface area contributed by atoms with Gasteiger partial charge in [-0.05, 0) is 6.42 Å². The lowest BCUT2D eigenvalue weighted by Gasteiger charge is -2.13. The third kappa shape index (κ3) is 13.1. The van der Waals surface area contributed by atoms with Crippen molar-refractivity contribution in [1.29, 1.82) is 0 Å². The standard InChI is InChI=1S/C18H36O4/c1-3-4-5-6-7-8-9-10-11-12-13-16(2)18(21)22-15-17(20)14-19/h16-17,19-20H,3-15H2,1-2H3. The van der Waals surface area contributed by atoms with Crippen LogP contribution in [0.3, 0.4) is 0 Å². The molecule has 0 aliphatic rings. The molecule has 0 aromatic heterocycles. The molecule has 2 unspecified atom stereocenters. The molecule has 0 saturated carbocycles. The molecule has 0 amide bonds. The van der Waals surface area contributed by atoms with Crippen molar-refractivity contribution in [1.82, 2.24) is 0 Å². The number of carbonyl (C=O) groups excluding carboxylic acids is 1. The van der Waals surface area contributed by atoms with Crippen LogP contribution in [0.5, 0.6) is 0 Å². The average molecular weight is 316 g/mol. The molecule has 22 heavy (non-hydrogen) atoms. The second kappa shape index (κ2) is 15.3. The molecule has 0 radical (unpaired) electrons. The van der Waals surface area contributed by atoms with E-state index in [9.17, 15) is 4.79 Å². The highest BCUT2D eigenvalue weighted by molar-refractivity contribution is 5.71. The van der Waals surface area contributed by atoms with Crippen LogP contribution in [0.25, 0.3) is 0 Å². The SMILES string of the molecule is CCCCCCCCCCCCC(C)C(=O)OCC(O)CO. The summed E-state index contributed by atoms with van der Waals surface area (Å²) in [5.41, 5.74) is 0. The predicted octanol–water partition coefficient (Wildman–Crippen LogP) is 3.83. The molecule has 0 aliphatic carbocycles. The van der Waals surface area contributed by atoms with Gasteiger partial charge < -0.3 is 14.9 Å². The molecule has 0 heterocycles. The lowest BCUT2D eigenvalue weighted by molar-refractivity contribution is -0.151. The second-order valence-electron chi connectivity index (χ2n) is 6.34. The number of unbranched alkanes of at least 4 members (excludes halogenated alkanes) is 9. The third-order valence-corrected chi connectivity index (χ3v) is 4.02. The smallest absolute Gasteiger partial charge is 0.308 e. The lowest BCUT2D eigenvalue weighted by atomic mass is 10.0. The molecule has 0 aliphatic heterocycles. The van der Waals surface area contributed by atoms with Crippen LogP contribution in [0.2, 0.25) is 0 Å². The Bertz CT molecular complexity index is 255. The van der Waals surface area contributed by atoms with E-state index in [1.165, 1.54) is 57.8 Å². The van der Waals surface area contributed by atoms with Gasteiger partial charge in [0.25, 0.3) is 0 Å². The molecule has 2 N–H and O–H groups in total. The number of aliphatic hydroxyl groups excluding tert-OH is 2. The highest BCUT2D eigenvalue weighted by atomic mass is 16.5. The Morgan fingerprint density at radius 1 is 0.955 bits per heavy atom. The topological polar surface area (TPSA) is 66.8 Å². The van der Waals surface area contributed by atoms with E-state index in [4.69, 9.17) is 14.9 Å². The molecule has 0 saturated heterocycles. The molecule has 0 spiro atoms. The number of rotatable bonds is 15. The second-order valence-corrected chi connectivity index (χ2v) is 6.34. The van der Waals surface area contributed by atoms with Crippen LogP contribution in [0.4, 0.5) is 0 Å². The van der Waals surface area contributed by atoms with Crippen molar-refractivity contribution < 1.29 is 19.7 Å². The molecular weight excluding hydrogens is 280 g/mol. The van der Waals surface area contributed by atoms with Gasteiger partial charge in [0.15, 0.2) is 0 Å². The zero-order chi connectivity index (χ0) is 16.6. The zero-order valence-electron chi connectivity index (χ0n) is 14.6.